The van der Waals surface area contributed by atoms with E-state index in [1.54, 1.807) is 36.4 Å². The van der Waals surface area contributed by atoms with Crippen LogP contribution >= 0.6 is 23.1 Å². The van der Waals surface area contributed by atoms with Crippen LogP contribution in [-0.2, 0) is 0 Å². The van der Waals surface area contributed by atoms with Crippen molar-refractivity contribution in [2.45, 2.75) is 0 Å². The van der Waals surface area contributed by atoms with Crippen LogP contribution in [0, 0.1) is 0 Å². The number of fused-ring (bicyclic) bond motifs is 1. The van der Waals surface area contributed by atoms with Crippen molar-refractivity contribution in [2.75, 3.05) is 0 Å². The van der Waals surface area contributed by atoms with Crippen molar-refractivity contribution in [1.29, 1.82) is 0 Å². The Bertz CT molecular complexity index is 835. The number of halogens is 1. The zero-order chi connectivity index (χ0) is 13.4. The average molecular weight is 290 g/mol. The summed E-state index contributed by atoms with van der Waals surface area (Å²) in [5, 5.41) is 1.03. The molecule has 0 unspecified atom stereocenters. The number of aromatic nitrogens is 1. The summed E-state index contributed by atoms with van der Waals surface area (Å²) in [4.78, 5) is 24.5. The highest BCUT2D eigenvalue weighted by atomic mass is 35.5. The molecular formula is C14H8ClNO2S. The molecule has 0 aliphatic carbocycles. The van der Waals surface area contributed by atoms with E-state index >= 15 is 0 Å². The molecule has 0 saturated carbocycles. The first-order valence-electron chi connectivity index (χ1n) is 5.58. The molecule has 0 amide bonds. The Hall–Kier alpha value is -1.91. The lowest BCUT2D eigenvalue weighted by Crippen LogP contribution is -2.21. The predicted octanol–water partition coefficient (Wildman–Crippen LogP) is 3.40. The maximum absolute atomic E-state index is 12.3. The molecule has 1 aromatic heterocycles. The zero-order valence-corrected chi connectivity index (χ0v) is 11.2. The van der Waals surface area contributed by atoms with Crippen LogP contribution in [0.25, 0.3) is 10.1 Å². The van der Waals surface area contributed by atoms with Crippen LogP contribution < -0.4 is 5.56 Å². The van der Waals surface area contributed by atoms with E-state index in [1.165, 1.54) is 0 Å². The van der Waals surface area contributed by atoms with E-state index in [9.17, 15) is 9.59 Å². The molecule has 0 aliphatic rings. The SMILES string of the molecule is O=C(c1cccc(Cl)c1)n1sc2ccccc2c1=O. The second kappa shape index (κ2) is 4.64. The molecular weight excluding hydrogens is 282 g/mol. The standard InChI is InChI=1S/C14H8ClNO2S/c15-10-5-3-4-9(8-10)13(17)16-14(18)11-6-1-2-7-12(11)19-16/h1-8H. The van der Waals surface area contributed by atoms with Gasteiger partial charge in [0, 0.05) is 10.6 Å². The van der Waals surface area contributed by atoms with Crippen molar-refractivity contribution >= 4 is 39.1 Å². The Labute approximate surface area is 117 Å². The summed E-state index contributed by atoms with van der Waals surface area (Å²) >= 11 is 7.00. The molecule has 3 rings (SSSR count). The van der Waals surface area contributed by atoms with Gasteiger partial charge in [-0.1, -0.05) is 29.8 Å². The van der Waals surface area contributed by atoms with Crippen LogP contribution in [0.3, 0.4) is 0 Å². The molecule has 1 heterocycles. The first-order valence-corrected chi connectivity index (χ1v) is 6.73. The summed E-state index contributed by atoms with van der Waals surface area (Å²) < 4.78 is 1.96. The Morgan fingerprint density at radius 2 is 1.89 bits per heavy atom. The van der Waals surface area contributed by atoms with Gasteiger partial charge in [0.1, 0.15) is 0 Å². The first kappa shape index (κ1) is 12.1. The summed E-state index contributed by atoms with van der Waals surface area (Å²) in [6, 6.07) is 13.7. The lowest BCUT2D eigenvalue weighted by Gasteiger charge is -1.99. The Balaban J connectivity index is 2.17. The number of carbonyl (C=O) groups excluding carboxylic acids is 1. The molecule has 2 aromatic carbocycles. The highest BCUT2D eigenvalue weighted by molar-refractivity contribution is 7.14. The van der Waals surface area contributed by atoms with Crippen molar-refractivity contribution in [3.8, 4) is 0 Å². The van der Waals surface area contributed by atoms with E-state index in [-0.39, 0.29) is 11.5 Å². The highest BCUT2D eigenvalue weighted by Gasteiger charge is 2.15. The van der Waals surface area contributed by atoms with Crippen LogP contribution in [0.15, 0.2) is 53.3 Å². The zero-order valence-electron chi connectivity index (χ0n) is 9.67. The highest BCUT2D eigenvalue weighted by Crippen LogP contribution is 2.18. The largest absolute Gasteiger partial charge is 0.275 e. The van der Waals surface area contributed by atoms with Crippen molar-refractivity contribution < 1.29 is 4.79 Å². The van der Waals surface area contributed by atoms with Gasteiger partial charge in [0.05, 0.1) is 10.1 Å². The second-order valence-corrected chi connectivity index (χ2v) is 5.43. The van der Waals surface area contributed by atoms with Crippen LogP contribution in [-0.4, -0.2) is 9.86 Å². The number of hydrogen-bond acceptors (Lipinski definition) is 3. The van der Waals surface area contributed by atoms with Gasteiger partial charge in [-0.2, -0.15) is 3.96 Å². The smallest absolute Gasteiger partial charge is 0.267 e. The van der Waals surface area contributed by atoms with Gasteiger partial charge in [0.2, 0.25) is 0 Å². The minimum Gasteiger partial charge on any atom is -0.267 e. The Morgan fingerprint density at radius 1 is 1.11 bits per heavy atom. The van der Waals surface area contributed by atoms with Gasteiger partial charge in [0.15, 0.2) is 0 Å². The van der Waals surface area contributed by atoms with E-state index < -0.39 is 0 Å². The molecule has 0 fully saturated rings. The van der Waals surface area contributed by atoms with Gasteiger partial charge in [0.25, 0.3) is 11.5 Å². The molecule has 0 radical (unpaired) electrons. The third-order valence-corrected chi connectivity index (χ3v) is 4.05. The maximum atomic E-state index is 12.3. The summed E-state index contributed by atoms with van der Waals surface area (Å²) in [5.41, 5.74) is 0.117. The fourth-order valence-electron chi connectivity index (χ4n) is 1.84. The predicted molar refractivity (Wildman–Crippen MR) is 77.3 cm³/mol. The van der Waals surface area contributed by atoms with Gasteiger partial charge in [-0.3, -0.25) is 9.59 Å². The molecule has 0 saturated heterocycles. The minimum absolute atomic E-state index is 0.287. The molecule has 3 aromatic rings. The summed E-state index contributed by atoms with van der Waals surface area (Å²) in [7, 11) is 0. The summed E-state index contributed by atoms with van der Waals surface area (Å²) in [5.74, 6) is -0.353. The second-order valence-electron chi connectivity index (χ2n) is 4.00. The lowest BCUT2D eigenvalue weighted by atomic mass is 10.2. The van der Waals surface area contributed by atoms with Crippen molar-refractivity contribution in [3.05, 3.63) is 69.5 Å². The summed E-state index contributed by atoms with van der Waals surface area (Å²) in [6.07, 6.45) is 0. The van der Waals surface area contributed by atoms with Crippen molar-refractivity contribution in [1.82, 2.24) is 3.96 Å². The molecule has 0 N–H and O–H groups in total. The van der Waals surface area contributed by atoms with Crippen LogP contribution in [0.5, 0.6) is 0 Å². The molecule has 0 spiro atoms. The molecule has 0 aliphatic heterocycles. The molecule has 94 valence electrons. The van der Waals surface area contributed by atoms with E-state index in [2.05, 4.69) is 0 Å². The lowest BCUT2D eigenvalue weighted by molar-refractivity contribution is 0.0969. The summed E-state index contributed by atoms with van der Waals surface area (Å²) in [6.45, 7) is 0. The van der Waals surface area contributed by atoms with Crippen LogP contribution in [0.1, 0.15) is 10.4 Å². The number of carbonyl (C=O) groups is 1. The van der Waals surface area contributed by atoms with Crippen molar-refractivity contribution in [2.24, 2.45) is 0 Å². The topological polar surface area (TPSA) is 39.1 Å². The monoisotopic (exact) mass is 289 g/mol. The third-order valence-electron chi connectivity index (χ3n) is 2.75. The number of rotatable bonds is 1. The van der Waals surface area contributed by atoms with Crippen LogP contribution in [0.2, 0.25) is 5.02 Å². The molecule has 3 nitrogen and oxygen atoms in total. The van der Waals surface area contributed by atoms with Gasteiger partial charge in [-0.15, -0.1) is 0 Å². The number of hydrogen-bond donors (Lipinski definition) is 0. The minimum atomic E-state index is -0.353. The number of benzene rings is 2. The van der Waals surface area contributed by atoms with Gasteiger partial charge >= 0.3 is 0 Å². The van der Waals surface area contributed by atoms with E-state index in [0.717, 1.165) is 20.2 Å². The van der Waals surface area contributed by atoms with Gasteiger partial charge in [-0.25, -0.2) is 0 Å². The molecule has 0 atom stereocenters. The molecule has 5 heteroatoms. The molecule has 0 bridgehead atoms. The van der Waals surface area contributed by atoms with Crippen LogP contribution in [0.4, 0.5) is 0 Å². The normalized spacial score (nSPS) is 10.8. The molecule has 19 heavy (non-hydrogen) atoms. The third kappa shape index (κ3) is 2.09. The number of nitrogens with zero attached hydrogens (tertiary/aromatic N) is 1. The van der Waals surface area contributed by atoms with E-state index in [1.807, 2.05) is 12.1 Å². The van der Waals surface area contributed by atoms with E-state index in [4.69, 9.17) is 11.6 Å². The average Bonchev–Trinajstić information content (AvgIpc) is 2.76. The van der Waals surface area contributed by atoms with Crippen molar-refractivity contribution in [3.63, 3.8) is 0 Å². The Morgan fingerprint density at radius 3 is 2.63 bits per heavy atom. The fourth-order valence-corrected chi connectivity index (χ4v) is 2.99. The van der Waals surface area contributed by atoms with Gasteiger partial charge in [-0.05, 0) is 41.9 Å². The quantitative estimate of drug-likeness (QED) is 0.689. The Kier molecular flexibility index (Phi) is 2.97. The van der Waals surface area contributed by atoms with Gasteiger partial charge < -0.3 is 0 Å². The maximum Gasteiger partial charge on any atom is 0.275 e. The van der Waals surface area contributed by atoms with E-state index in [0.29, 0.717) is 16.0 Å². The fraction of sp³-hybridized carbons (Fsp3) is 0. The first-order chi connectivity index (χ1) is 9.16.